The molecule has 0 N–H and O–H groups in total. The molecule has 0 saturated heterocycles. The largest absolute Gasteiger partial charge is 0.497 e. The van der Waals surface area contributed by atoms with Crippen molar-refractivity contribution in [2.75, 3.05) is 21.2 Å². The average Bonchev–Trinajstić information content (AvgIpc) is 2.55. The van der Waals surface area contributed by atoms with Crippen LogP contribution in [-0.4, -0.2) is 31.1 Å². The van der Waals surface area contributed by atoms with E-state index in [1.807, 2.05) is 24.3 Å². The molecule has 1 atom stereocenters. The third-order valence-electron chi connectivity index (χ3n) is 3.85. The molecule has 3 heteroatoms. The molecule has 0 aliphatic rings. The zero-order valence-electron chi connectivity index (χ0n) is 13.2. The maximum absolute atomic E-state index is 5.24. The fourth-order valence-electron chi connectivity index (χ4n) is 2.75. The Morgan fingerprint density at radius 1 is 0.909 bits per heavy atom. The fraction of sp³-hybridized carbons (Fsp3) is 0.211. The van der Waals surface area contributed by atoms with Crippen LogP contribution in [0.3, 0.4) is 0 Å². The fourth-order valence-corrected chi connectivity index (χ4v) is 2.75. The van der Waals surface area contributed by atoms with Crippen LogP contribution in [0.1, 0.15) is 17.3 Å². The third kappa shape index (κ3) is 2.81. The molecule has 0 radical (unpaired) electrons. The van der Waals surface area contributed by atoms with Crippen LogP contribution >= 0.6 is 0 Å². The van der Waals surface area contributed by atoms with Crippen molar-refractivity contribution in [2.24, 2.45) is 0 Å². The Kier molecular flexibility index (Phi) is 4.07. The Hall–Kier alpha value is -2.39. The van der Waals surface area contributed by atoms with Crippen LogP contribution in [-0.2, 0) is 0 Å². The second kappa shape index (κ2) is 6.16. The van der Waals surface area contributed by atoms with Crippen LogP contribution in [0.5, 0.6) is 5.75 Å². The molecule has 0 aliphatic carbocycles. The lowest BCUT2D eigenvalue weighted by atomic mass is 10.0. The average molecular weight is 292 g/mol. The number of benzene rings is 2. The molecular weight excluding hydrogens is 272 g/mol. The number of hydrogen-bond donors (Lipinski definition) is 0. The summed E-state index contributed by atoms with van der Waals surface area (Å²) in [5, 5.41) is 1.17. The van der Waals surface area contributed by atoms with Crippen LogP contribution in [0, 0.1) is 0 Å². The monoisotopic (exact) mass is 292 g/mol. The van der Waals surface area contributed by atoms with E-state index in [0.29, 0.717) is 0 Å². The maximum atomic E-state index is 5.24. The summed E-state index contributed by atoms with van der Waals surface area (Å²) in [6.45, 7) is 0. The minimum atomic E-state index is 0.121. The highest BCUT2D eigenvalue weighted by atomic mass is 16.5. The first kappa shape index (κ1) is 14.5. The van der Waals surface area contributed by atoms with Crippen molar-refractivity contribution in [3.8, 4) is 5.75 Å². The topological polar surface area (TPSA) is 25.4 Å². The van der Waals surface area contributed by atoms with E-state index in [0.717, 1.165) is 17.0 Å². The van der Waals surface area contributed by atoms with Gasteiger partial charge in [-0.15, -0.1) is 0 Å². The van der Waals surface area contributed by atoms with E-state index < -0.39 is 0 Å². The van der Waals surface area contributed by atoms with Gasteiger partial charge in [0, 0.05) is 5.39 Å². The lowest BCUT2D eigenvalue weighted by Crippen LogP contribution is -2.22. The number of ether oxygens (including phenoxy) is 1. The van der Waals surface area contributed by atoms with Gasteiger partial charge in [0.1, 0.15) is 5.75 Å². The summed E-state index contributed by atoms with van der Waals surface area (Å²) in [5.74, 6) is 0.868. The zero-order valence-corrected chi connectivity index (χ0v) is 13.2. The summed E-state index contributed by atoms with van der Waals surface area (Å²) in [5.41, 5.74) is 3.28. The summed E-state index contributed by atoms with van der Waals surface area (Å²) in [6, 6.07) is 20.8. The molecule has 3 nitrogen and oxygen atoms in total. The summed E-state index contributed by atoms with van der Waals surface area (Å²) >= 11 is 0. The highest BCUT2D eigenvalue weighted by Crippen LogP contribution is 2.28. The van der Waals surface area contributed by atoms with Crippen molar-refractivity contribution in [3.63, 3.8) is 0 Å². The first-order chi connectivity index (χ1) is 10.7. The molecule has 0 saturated carbocycles. The standard InChI is InChI=1S/C19H20N2O/c1-21(2)19(15-8-11-16(22-3)12-9-15)18-13-10-14-6-4-5-7-17(14)20-18/h4-13,19H,1-3H3. The lowest BCUT2D eigenvalue weighted by Gasteiger charge is -2.24. The molecule has 0 fully saturated rings. The highest BCUT2D eigenvalue weighted by molar-refractivity contribution is 5.78. The molecular formula is C19H20N2O. The second-order valence-corrected chi connectivity index (χ2v) is 5.57. The van der Waals surface area contributed by atoms with Crippen LogP contribution in [0.25, 0.3) is 10.9 Å². The van der Waals surface area contributed by atoms with E-state index in [1.165, 1.54) is 10.9 Å². The smallest absolute Gasteiger partial charge is 0.118 e. The molecule has 2 aromatic carbocycles. The van der Waals surface area contributed by atoms with E-state index >= 15 is 0 Å². The van der Waals surface area contributed by atoms with Crippen LogP contribution in [0.2, 0.25) is 0 Å². The number of rotatable bonds is 4. The van der Waals surface area contributed by atoms with Gasteiger partial charge in [0.25, 0.3) is 0 Å². The number of hydrogen-bond acceptors (Lipinski definition) is 3. The van der Waals surface area contributed by atoms with E-state index in [1.54, 1.807) is 7.11 Å². The van der Waals surface area contributed by atoms with Crippen LogP contribution in [0.15, 0.2) is 60.7 Å². The number of nitrogens with zero attached hydrogens (tertiary/aromatic N) is 2. The van der Waals surface area contributed by atoms with Gasteiger partial charge in [-0.2, -0.15) is 0 Å². The Balaban J connectivity index is 2.04. The van der Waals surface area contributed by atoms with Gasteiger partial charge in [-0.05, 0) is 43.9 Å². The summed E-state index contributed by atoms with van der Waals surface area (Å²) in [4.78, 5) is 7.02. The Morgan fingerprint density at radius 2 is 1.64 bits per heavy atom. The van der Waals surface area contributed by atoms with Gasteiger partial charge in [0.15, 0.2) is 0 Å². The summed E-state index contributed by atoms with van der Waals surface area (Å²) in [6.07, 6.45) is 0. The molecule has 3 rings (SSSR count). The first-order valence-electron chi connectivity index (χ1n) is 7.35. The predicted octanol–water partition coefficient (Wildman–Crippen LogP) is 3.89. The van der Waals surface area contributed by atoms with Crippen molar-refractivity contribution < 1.29 is 4.74 Å². The van der Waals surface area contributed by atoms with Gasteiger partial charge < -0.3 is 4.74 Å². The Morgan fingerprint density at radius 3 is 2.32 bits per heavy atom. The second-order valence-electron chi connectivity index (χ2n) is 5.57. The number of para-hydroxylation sites is 1. The summed E-state index contributed by atoms with van der Waals surface area (Å²) in [7, 11) is 5.83. The van der Waals surface area contributed by atoms with Crippen LogP contribution < -0.4 is 4.74 Å². The van der Waals surface area contributed by atoms with Gasteiger partial charge in [0.2, 0.25) is 0 Å². The zero-order chi connectivity index (χ0) is 15.5. The predicted molar refractivity (Wildman–Crippen MR) is 90.3 cm³/mol. The van der Waals surface area contributed by atoms with Gasteiger partial charge in [0.05, 0.1) is 24.4 Å². The van der Waals surface area contributed by atoms with Crippen molar-refractivity contribution in [2.45, 2.75) is 6.04 Å². The number of aromatic nitrogens is 1. The first-order valence-corrected chi connectivity index (χ1v) is 7.35. The Labute approximate surface area is 131 Å². The van der Waals surface area contributed by atoms with Crippen LogP contribution in [0.4, 0.5) is 0 Å². The summed E-state index contributed by atoms with van der Waals surface area (Å²) < 4.78 is 5.24. The number of methoxy groups -OCH3 is 1. The minimum absolute atomic E-state index is 0.121. The molecule has 3 aromatic rings. The van der Waals surface area contributed by atoms with E-state index in [4.69, 9.17) is 9.72 Å². The number of fused-ring (bicyclic) bond motifs is 1. The molecule has 0 bridgehead atoms. The van der Waals surface area contributed by atoms with Crippen molar-refractivity contribution in [1.82, 2.24) is 9.88 Å². The molecule has 22 heavy (non-hydrogen) atoms. The molecule has 1 unspecified atom stereocenters. The Bertz CT molecular complexity index is 766. The van der Waals surface area contributed by atoms with E-state index in [9.17, 15) is 0 Å². The maximum Gasteiger partial charge on any atom is 0.118 e. The van der Waals surface area contributed by atoms with Gasteiger partial charge in [-0.25, -0.2) is 0 Å². The van der Waals surface area contributed by atoms with Gasteiger partial charge >= 0.3 is 0 Å². The molecule has 0 spiro atoms. The van der Waals surface area contributed by atoms with Crippen molar-refractivity contribution in [3.05, 3.63) is 71.9 Å². The van der Waals surface area contributed by atoms with E-state index in [-0.39, 0.29) is 6.04 Å². The van der Waals surface area contributed by atoms with Gasteiger partial charge in [-0.3, -0.25) is 9.88 Å². The lowest BCUT2D eigenvalue weighted by molar-refractivity contribution is 0.336. The molecule has 1 aromatic heterocycles. The van der Waals surface area contributed by atoms with Gasteiger partial charge in [-0.1, -0.05) is 36.4 Å². The quantitative estimate of drug-likeness (QED) is 0.729. The molecule has 1 heterocycles. The minimum Gasteiger partial charge on any atom is -0.497 e. The molecule has 0 amide bonds. The normalized spacial score (nSPS) is 12.5. The third-order valence-corrected chi connectivity index (χ3v) is 3.85. The number of pyridine rings is 1. The SMILES string of the molecule is COc1ccc(C(c2ccc3ccccc3n2)N(C)C)cc1. The molecule has 112 valence electrons. The van der Waals surface area contributed by atoms with E-state index in [2.05, 4.69) is 55.4 Å². The van der Waals surface area contributed by atoms with Crippen molar-refractivity contribution >= 4 is 10.9 Å². The van der Waals surface area contributed by atoms with Crippen molar-refractivity contribution in [1.29, 1.82) is 0 Å². The molecule has 0 aliphatic heterocycles. The highest BCUT2D eigenvalue weighted by Gasteiger charge is 2.18.